The first-order valence-corrected chi connectivity index (χ1v) is 3.33. The molecule has 9 heavy (non-hydrogen) atoms. The molecule has 1 aliphatic rings. The highest BCUT2D eigenvalue weighted by Crippen LogP contribution is 1.96. The van der Waals surface area contributed by atoms with Crippen LogP contribution in [0.4, 0.5) is 0 Å². The van der Waals surface area contributed by atoms with Crippen LogP contribution in [-0.4, -0.2) is 42.7 Å². The Bertz CT molecular complexity index is 66.0. The molecule has 0 amide bonds. The quantitative estimate of drug-likeness (QED) is 0.383. The topological polar surface area (TPSA) is 44.0 Å². The van der Waals surface area contributed by atoms with Gasteiger partial charge in [-0.05, 0) is 0 Å². The monoisotopic (exact) mass is 153 g/mol. The van der Waals surface area contributed by atoms with Crippen molar-refractivity contribution < 1.29 is 10.2 Å². The Morgan fingerprint density at radius 3 is 2.22 bits per heavy atom. The van der Waals surface area contributed by atoms with Gasteiger partial charge in [-0.15, -0.1) is 11.6 Å². The van der Waals surface area contributed by atoms with Gasteiger partial charge in [0.15, 0.2) is 0 Å². The summed E-state index contributed by atoms with van der Waals surface area (Å²) in [4.78, 5) is 2.16. The average Bonchev–Trinajstić information content (AvgIpc) is 1.90. The molecule has 0 aromatic carbocycles. The largest absolute Gasteiger partial charge is 0.412 e. The summed E-state index contributed by atoms with van der Waals surface area (Å²) in [5, 5.41) is 0. The molecule has 4 heteroatoms. The molecule has 0 unspecified atom stereocenters. The number of hydrogen-bond donors (Lipinski definition) is 0. The smallest absolute Gasteiger partial charge is 0.0740 e. The SMILES string of the molecule is ClCN1CCOCC1.O. The summed E-state index contributed by atoms with van der Waals surface area (Å²) < 4.78 is 5.10. The van der Waals surface area contributed by atoms with Crippen molar-refractivity contribution in [3.63, 3.8) is 0 Å². The van der Waals surface area contributed by atoms with Crippen molar-refractivity contribution in [3.05, 3.63) is 0 Å². The Kier molecular flexibility index (Phi) is 5.09. The fourth-order valence-corrected chi connectivity index (χ4v) is 0.960. The van der Waals surface area contributed by atoms with Crippen molar-refractivity contribution in [1.29, 1.82) is 0 Å². The minimum Gasteiger partial charge on any atom is -0.412 e. The minimum atomic E-state index is 0. The van der Waals surface area contributed by atoms with E-state index in [-0.39, 0.29) is 5.48 Å². The predicted molar refractivity (Wildman–Crippen MR) is 36.7 cm³/mol. The molecule has 0 atom stereocenters. The Hall–Kier alpha value is 0.170. The van der Waals surface area contributed by atoms with Crippen LogP contribution in [0.2, 0.25) is 0 Å². The zero-order valence-electron chi connectivity index (χ0n) is 5.27. The predicted octanol–water partition coefficient (Wildman–Crippen LogP) is -0.310. The highest BCUT2D eigenvalue weighted by Gasteiger charge is 2.06. The van der Waals surface area contributed by atoms with Crippen LogP contribution in [0.3, 0.4) is 0 Å². The number of alkyl halides is 1. The van der Waals surface area contributed by atoms with Crippen molar-refractivity contribution in [1.82, 2.24) is 4.90 Å². The molecule has 1 heterocycles. The van der Waals surface area contributed by atoms with Crippen LogP contribution in [0.5, 0.6) is 0 Å². The summed E-state index contributed by atoms with van der Waals surface area (Å²) >= 11 is 5.55. The fraction of sp³-hybridized carbons (Fsp3) is 1.00. The maximum Gasteiger partial charge on any atom is 0.0740 e. The van der Waals surface area contributed by atoms with E-state index >= 15 is 0 Å². The standard InChI is InChI=1S/C5H10ClNO.H2O/c6-5-7-1-3-8-4-2-7;/h1-5H2;1H2. The van der Waals surface area contributed by atoms with Crippen molar-refractivity contribution >= 4 is 11.6 Å². The molecule has 0 spiro atoms. The summed E-state index contributed by atoms with van der Waals surface area (Å²) in [6.07, 6.45) is 0. The lowest BCUT2D eigenvalue weighted by molar-refractivity contribution is 0.0466. The summed E-state index contributed by atoms with van der Waals surface area (Å²) in [6, 6.07) is 0.642. The molecule has 0 aromatic heterocycles. The van der Waals surface area contributed by atoms with Gasteiger partial charge in [-0.2, -0.15) is 0 Å². The summed E-state index contributed by atoms with van der Waals surface area (Å²) in [7, 11) is 0. The molecular weight excluding hydrogens is 142 g/mol. The Morgan fingerprint density at radius 2 is 1.89 bits per heavy atom. The van der Waals surface area contributed by atoms with Gasteiger partial charge in [0.1, 0.15) is 0 Å². The Labute approximate surface area is 59.9 Å². The van der Waals surface area contributed by atoms with Gasteiger partial charge >= 0.3 is 0 Å². The zero-order chi connectivity index (χ0) is 5.82. The van der Waals surface area contributed by atoms with E-state index in [4.69, 9.17) is 16.3 Å². The van der Waals surface area contributed by atoms with E-state index in [0.717, 1.165) is 26.3 Å². The van der Waals surface area contributed by atoms with Gasteiger partial charge < -0.3 is 10.2 Å². The van der Waals surface area contributed by atoms with Crippen LogP contribution in [0, 0.1) is 0 Å². The van der Waals surface area contributed by atoms with E-state index in [1.807, 2.05) is 0 Å². The number of hydrogen-bond acceptors (Lipinski definition) is 2. The normalized spacial score (nSPS) is 21.0. The van der Waals surface area contributed by atoms with E-state index in [1.165, 1.54) is 0 Å². The Morgan fingerprint density at radius 1 is 1.33 bits per heavy atom. The van der Waals surface area contributed by atoms with E-state index in [1.54, 1.807) is 0 Å². The summed E-state index contributed by atoms with van der Waals surface area (Å²) in [6.45, 7) is 3.66. The van der Waals surface area contributed by atoms with Crippen molar-refractivity contribution in [2.45, 2.75) is 0 Å². The number of ether oxygens (including phenoxy) is 1. The van der Waals surface area contributed by atoms with Gasteiger partial charge in [0, 0.05) is 13.1 Å². The molecule has 1 rings (SSSR count). The first-order chi connectivity index (χ1) is 3.93. The molecule has 2 N–H and O–H groups in total. The Balaban J connectivity index is 0.000000640. The molecule has 0 saturated carbocycles. The maximum absolute atomic E-state index is 5.55. The van der Waals surface area contributed by atoms with Crippen LogP contribution in [0.1, 0.15) is 0 Å². The van der Waals surface area contributed by atoms with Crippen molar-refractivity contribution in [2.24, 2.45) is 0 Å². The van der Waals surface area contributed by atoms with E-state index < -0.39 is 0 Å². The molecule has 1 fully saturated rings. The molecule has 56 valence electrons. The molecule has 1 saturated heterocycles. The molecule has 0 aromatic rings. The van der Waals surface area contributed by atoms with Crippen LogP contribution >= 0.6 is 11.6 Å². The number of morpholine rings is 1. The van der Waals surface area contributed by atoms with Crippen LogP contribution in [-0.2, 0) is 4.74 Å². The summed E-state index contributed by atoms with van der Waals surface area (Å²) in [5.74, 6) is 0. The third-order valence-corrected chi connectivity index (χ3v) is 1.61. The van der Waals surface area contributed by atoms with E-state index in [2.05, 4.69) is 4.90 Å². The van der Waals surface area contributed by atoms with Gasteiger partial charge in [0.25, 0.3) is 0 Å². The van der Waals surface area contributed by atoms with Crippen molar-refractivity contribution in [2.75, 3.05) is 32.3 Å². The van der Waals surface area contributed by atoms with Gasteiger partial charge in [0.05, 0.1) is 19.2 Å². The molecule has 0 aliphatic carbocycles. The molecular formula is C5H12ClNO2. The van der Waals surface area contributed by atoms with Gasteiger partial charge in [-0.25, -0.2) is 0 Å². The lowest BCUT2D eigenvalue weighted by Crippen LogP contribution is -2.35. The number of rotatable bonds is 1. The number of nitrogens with zero attached hydrogens (tertiary/aromatic N) is 1. The highest BCUT2D eigenvalue weighted by atomic mass is 35.5. The summed E-state index contributed by atoms with van der Waals surface area (Å²) in [5.41, 5.74) is 0. The second-order valence-electron chi connectivity index (χ2n) is 1.85. The zero-order valence-corrected chi connectivity index (χ0v) is 6.02. The lowest BCUT2D eigenvalue weighted by Gasteiger charge is -2.23. The van der Waals surface area contributed by atoms with Crippen LogP contribution < -0.4 is 0 Å². The van der Waals surface area contributed by atoms with Gasteiger partial charge in [0.2, 0.25) is 0 Å². The lowest BCUT2D eigenvalue weighted by atomic mass is 10.5. The van der Waals surface area contributed by atoms with Crippen molar-refractivity contribution in [3.8, 4) is 0 Å². The van der Waals surface area contributed by atoms with Gasteiger partial charge in [-0.1, -0.05) is 0 Å². The van der Waals surface area contributed by atoms with Gasteiger partial charge in [-0.3, -0.25) is 4.90 Å². The van der Waals surface area contributed by atoms with E-state index in [9.17, 15) is 0 Å². The molecule has 0 radical (unpaired) electrons. The first-order valence-electron chi connectivity index (χ1n) is 2.79. The first kappa shape index (κ1) is 9.17. The molecule has 1 aliphatic heterocycles. The minimum absolute atomic E-state index is 0. The highest BCUT2D eigenvalue weighted by molar-refractivity contribution is 6.17. The molecule has 0 bridgehead atoms. The average molecular weight is 154 g/mol. The third kappa shape index (κ3) is 3.01. The van der Waals surface area contributed by atoms with Crippen LogP contribution in [0.25, 0.3) is 0 Å². The number of halogens is 1. The van der Waals surface area contributed by atoms with E-state index in [0.29, 0.717) is 6.00 Å². The fourth-order valence-electron chi connectivity index (χ4n) is 0.721. The maximum atomic E-state index is 5.55. The second-order valence-corrected chi connectivity index (χ2v) is 2.09. The van der Waals surface area contributed by atoms with Crippen LogP contribution in [0.15, 0.2) is 0 Å². The molecule has 3 nitrogen and oxygen atoms in total. The third-order valence-electron chi connectivity index (χ3n) is 1.27. The second kappa shape index (κ2) is 4.99.